The van der Waals surface area contributed by atoms with E-state index < -0.39 is 0 Å². The number of ether oxygens (including phenoxy) is 1. The molecule has 1 heterocycles. The van der Waals surface area contributed by atoms with Gasteiger partial charge in [0.1, 0.15) is 5.82 Å². The molecule has 0 radical (unpaired) electrons. The first-order valence-corrected chi connectivity index (χ1v) is 6.64. The Morgan fingerprint density at radius 2 is 2.00 bits per heavy atom. The Hall–Kier alpha value is -2.21. The van der Waals surface area contributed by atoms with Gasteiger partial charge in [-0.15, -0.1) is 0 Å². The zero-order valence-electron chi connectivity index (χ0n) is 12.3. The van der Waals surface area contributed by atoms with Crippen molar-refractivity contribution in [3.8, 4) is 5.69 Å². The van der Waals surface area contributed by atoms with Gasteiger partial charge in [0.15, 0.2) is 0 Å². The maximum Gasteiger partial charge on any atom is 0.255 e. The van der Waals surface area contributed by atoms with Gasteiger partial charge in [-0.3, -0.25) is 4.79 Å². The molecular weight excluding hydrogens is 273 g/mol. The van der Waals surface area contributed by atoms with Gasteiger partial charge in [0.2, 0.25) is 0 Å². The van der Waals surface area contributed by atoms with E-state index in [-0.39, 0.29) is 11.7 Å². The van der Waals surface area contributed by atoms with Crippen LogP contribution in [0.1, 0.15) is 21.7 Å². The van der Waals surface area contributed by atoms with Gasteiger partial charge in [-0.25, -0.2) is 9.07 Å². The van der Waals surface area contributed by atoms with Gasteiger partial charge in [0.25, 0.3) is 5.91 Å². The van der Waals surface area contributed by atoms with Crippen molar-refractivity contribution in [2.75, 3.05) is 20.3 Å². The largest absolute Gasteiger partial charge is 0.383 e. The van der Waals surface area contributed by atoms with E-state index in [1.165, 1.54) is 12.1 Å². The van der Waals surface area contributed by atoms with Gasteiger partial charge in [0.05, 0.1) is 29.2 Å². The Kier molecular flexibility index (Phi) is 4.70. The third-order valence-electron chi connectivity index (χ3n) is 3.18. The molecule has 0 saturated carbocycles. The number of nitrogens with one attached hydrogen (secondary N) is 1. The second kappa shape index (κ2) is 6.49. The minimum atomic E-state index is -0.308. The average molecular weight is 291 g/mol. The standard InChI is InChI=1S/C15H18FN3O2/c1-10-14(15(20)17-8-9-21-3)11(2)19(18-10)13-6-4-12(16)5-7-13/h4-7H,8-9H2,1-3H3,(H,17,20). The first kappa shape index (κ1) is 15.2. The number of benzene rings is 1. The highest BCUT2D eigenvalue weighted by molar-refractivity contribution is 5.96. The number of aryl methyl sites for hydroxylation is 1. The fourth-order valence-corrected chi connectivity index (χ4v) is 2.16. The van der Waals surface area contributed by atoms with E-state index in [4.69, 9.17) is 4.74 Å². The number of halogens is 1. The van der Waals surface area contributed by atoms with Crippen molar-refractivity contribution in [3.05, 3.63) is 47.0 Å². The molecule has 2 rings (SSSR count). The number of aromatic nitrogens is 2. The molecular formula is C15H18FN3O2. The molecule has 0 spiro atoms. The number of hydrogen-bond acceptors (Lipinski definition) is 3. The molecule has 0 unspecified atom stereocenters. The number of rotatable bonds is 5. The van der Waals surface area contributed by atoms with Crippen molar-refractivity contribution >= 4 is 5.91 Å². The second-order valence-electron chi connectivity index (χ2n) is 4.68. The first-order chi connectivity index (χ1) is 10.0. The Morgan fingerprint density at radius 3 is 2.62 bits per heavy atom. The fourth-order valence-electron chi connectivity index (χ4n) is 2.16. The van der Waals surface area contributed by atoms with Gasteiger partial charge in [-0.05, 0) is 38.1 Å². The molecule has 0 bridgehead atoms. The molecule has 1 aromatic carbocycles. The highest BCUT2D eigenvalue weighted by Gasteiger charge is 2.19. The highest BCUT2D eigenvalue weighted by Crippen LogP contribution is 2.18. The molecule has 0 saturated heterocycles. The molecule has 1 aromatic heterocycles. The summed E-state index contributed by atoms with van der Waals surface area (Å²) in [6, 6.07) is 5.98. The van der Waals surface area contributed by atoms with Crippen LogP contribution in [0.3, 0.4) is 0 Å². The molecule has 0 aliphatic rings. The number of methoxy groups -OCH3 is 1. The third kappa shape index (κ3) is 3.28. The molecule has 5 nitrogen and oxygen atoms in total. The smallest absolute Gasteiger partial charge is 0.255 e. The van der Waals surface area contributed by atoms with Crippen LogP contribution in [0.5, 0.6) is 0 Å². The van der Waals surface area contributed by atoms with Crippen LogP contribution >= 0.6 is 0 Å². The number of hydrogen-bond donors (Lipinski definition) is 1. The van der Waals surface area contributed by atoms with Gasteiger partial charge in [-0.1, -0.05) is 0 Å². The SMILES string of the molecule is COCCNC(=O)c1c(C)nn(-c2ccc(F)cc2)c1C. The van der Waals surface area contributed by atoms with Crippen LogP contribution in [0.2, 0.25) is 0 Å². The average Bonchev–Trinajstić information content (AvgIpc) is 2.75. The molecule has 2 aromatic rings. The summed E-state index contributed by atoms with van der Waals surface area (Å²) in [5.41, 5.74) is 2.60. The second-order valence-corrected chi connectivity index (χ2v) is 4.68. The van der Waals surface area contributed by atoms with Crippen LogP contribution in [-0.2, 0) is 4.74 Å². The van der Waals surface area contributed by atoms with Crippen molar-refractivity contribution < 1.29 is 13.9 Å². The summed E-state index contributed by atoms with van der Waals surface area (Å²) in [4.78, 5) is 12.2. The van der Waals surface area contributed by atoms with Crippen molar-refractivity contribution in [1.82, 2.24) is 15.1 Å². The summed E-state index contributed by atoms with van der Waals surface area (Å²) in [6.45, 7) is 4.48. The number of amides is 1. The van der Waals surface area contributed by atoms with Crippen LogP contribution in [0, 0.1) is 19.7 Å². The van der Waals surface area contributed by atoms with Gasteiger partial charge < -0.3 is 10.1 Å². The summed E-state index contributed by atoms with van der Waals surface area (Å²) < 4.78 is 19.5. The molecule has 112 valence electrons. The monoisotopic (exact) mass is 291 g/mol. The lowest BCUT2D eigenvalue weighted by Gasteiger charge is -2.06. The Balaban J connectivity index is 2.29. The van der Waals surface area contributed by atoms with E-state index in [0.717, 1.165) is 0 Å². The summed E-state index contributed by atoms with van der Waals surface area (Å²) in [5.74, 6) is -0.492. The molecule has 0 aliphatic heterocycles. The van der Waals surface area contributed by atoms with E-state index in [9.17, 15) is 9.18 Å². The van der Waals surface area contributed by atoms with E-state index in [0.29, 0.717) is 35.8 Å². The zero-order chi connectivity index (χ0) is 15.4. The molecule has 21 heavy (non-hydrogen) atoms. The van der Waals surface area contributed by atoms with E-state index in [2.05, 4.69) is 10.4 Å². The molecule has 0 aliphatic carbocycles. The number of carbonyl (C=O) groups is 1. The van der Waals surface area contributed by atoms with Crippen LogP contribution in [-0.4, -0.2) is 35.9 Å². The summed E-state index contributed by atoms with van der Waals surface area (Å²) in [5, 5.41) is 7.14. The quantitative estimate of drug-likeness (QED) is 0.857. The zero-order valence-corrected chi connectivity index (χ0v) is 12.3. The molecule has 6 heteroatoms. The topological polar surface area (TPSA) is 56.1 Å². The highest BCUT2D eigenvalue weighted by atomic mass is 19.1. The van der Waals surface area contributed by atoms with Crippen LogP contribution in [0.25, 0.3) is 5.69 Å². The maximum atomic E-state index is 13.0. The van der Waals surface area contributed by atoms with Crippen LogP contribution in [0.15, 0.2) is 24.3 Å². The predicted octanol–water partition coefficient (Wildman–Crippen LogP) is 2.00. The first-order valence-electron chi connectivity index (χ1n) is 6.64. The molecule has 1 amide bonds. The van der Waals surface area contributed by atoms with Crippen molar-refractivity contribution in [3.63, 3.8) is 0 Å². The Bertz CT molecular complexity index is 635. The predicted molar refractivity (Wildman–Crippen MR) is 77.2 cm³/mol. The number of nitrogens with zero attached hydrogens (tertiary/aromatic N) is 2. The minimum absolute atomic E-state index is 0.185. The van der Waals surface area contributed by atoms with E-state index >= 15 is 0 Å². The Labute approximate surface area is 122 Å². The van der Waals surface area contributed by atoms with Gasteiger partial charge >= 0.3 is 0 Å². The van der Waals surface area contributed by atoms with Crippen molar-refractivity contribution in [2.45, 2.75) is 13.8 Å². The van der Waals surface area contributed by atoms with Gasteiger partial charge in [0, 0.05) is 13.7 Å². The van der Waals surface area contributed by atoms with Crippen molar-refractivity contribution in [1.29, 1.82) is 0 Å². The molecule has 1 N–H and O–H groups in total. The summed E-state index contributed by atoms with van der Waals surface area (Å²) >= 11 is 0. The third-order valence-corrected chi connectivity index (χ3v) is 3.18. The molecule has 0 atom stereocenters. The minimum Gasteiger partial charge on any atom is -0.383 e. The maximum absolute atomic E-state index is 13.0. The lowest BCUT2D eigenvalue weighted by molar-refractivity contribution is 0.0936. The van der Waals surface area contributed by atoms with Crippen LogP contribution < -0.4 is 5.32 Å². The van der Waals surface area contributed by atoms with Crippen molar-refractivity contribution in [2.24, 2.45) is 0 Å². The summed E-state index contributed by atoms with van der Waals surface area (Å²) in [7, 11) is 1.58. The fraction of sp³-hybridized carbons (Fsp3) is 0.333. The normalized spacial score (nSPS) is 10.7. The lowest BCUT2D eigenvalue weighted by Crippen LogP contribution is -2.27. The molecule has 0 fully saturated rings. The van der Waals surface area contributed by atoms with E-state index in [1.807, 2.05) is 6.92 Å². The van der Waals surface area contributed by atoms with Gasteiger partial charge in [-0.2, -0.15) is 5.10 Å². The summed E-state index contributed by atoms with van der Waals surface area (Å²) in [6.07, 6.45) is 0. The van der Waals surface area contributed by atoms with Crippen LogP contribution in [0.4, 0.5) is 4.39 Å². The number of carbonyl (C=O) groups excluding carboxylic acids is 1. The lowest BCUT2D eigenvalue weighted by atomic mass is 10.2. The van der Waals surface area contributed by atoms with E-state index in [1.54, 1.807) is 30.8 Å². The Morgan fingerprint density at radius 1 is 1.33 bits per heavy atom.